The molecule has 0 radical (unpaired) electrons. The van der Waals surface area contributed by atoms with E-state index in [1.807, 2.05) is 42.5 Å². The van der Waals surface area contributed by atoms with Crippen molar-refractivity contribution in [3.63, 3.8) is 0 Å². The average molecular weight is 468 g/mol. The van der Waals surface area contributed by atoms with Crippen LogP contribution in [0.25, 0.3) is 0 Å². The van der Waals surface area contributed by atoms with Crippen LogP contribution in [0.3, 0.4) is 0 Å². The van der Waals surface area contributed by atoms with Gasteiger partial charge in [-0.2, -0.15) is 0 Å². The Hall–Kier alpha value is -3.38. The van der Waals surface area contributed by atoms with Gasteiger partial charge in [0.05, 0.1) is 32.4 Å². The fourth-order valence-electron chi connectivity index (χ4n) is 3.80. The molecule has 0 saturated heterocycles. The third-order valence-corrected chi connectivity index (χ3v) is 5.73. The number of carbonyl (C=O) groups excluding carboxylic acids is 1. The van der Waals surface area contributed by atoms with Crippen LogP contribution in [-0.4, -0.2) is 45.8 Å². The zero-order valence-corrected chi connectivity index (χ0v) is 19.4. The molecule has 1 aliphatic rings. The largest absolute Gasteiger partial charge is 0.497 e. The summed E-state index contributed by atoms with van der Waals surface area (Å²) in [5.74, 6) is 3.00. The Morgan fingerprint density at radius 3 is 2.30 bits per heavy atom. The summed E-state index contributed by atoms with van der Waals surface area (Å²) in [5, 5.41) is 0. The smallest absolute Gasteiger partial charge is 0.258 e. The molecule has 1 atom stereocenters. The van der Waals surface area contributed by atoms with E-state index in [1.54, 1.807) is 43.4 Å². The van der Waals surface area contributed by atoms with Gasteiger partial charge in [0.25, 0.3) is 5.91 Å². The van der Waals surface area contributed by atoms with Crippen molar-refractivity contribution in [3.8, 4) is 23.0 Å². The molecule has 0 aromatic heterocycles. The van der Waals surface area contributed by atoms with Crippen LogP contribution in [-0.2, 0) is 0 Å². The highest BCUT2D eigenvalue weighted by atomic mass is 35.5. The van der Waals surface area contributed by atoms with Gasteiger partial charge < -0.3 is 23.8 Å². The first-order valence-corrected chi connectivity index (χ1v) is 11.2. The SMILES string of the molecule is COc1ccc(C2COc3cc(OC)ccc3N(C(=O)c3ccc(OCCCl)cc3)C2)cc1. The molecule has 172 valence electrons. The summed E-state index contributed by atoms with van der Waals surface area (Å²) in [5.41, 5.74) is 2.34. The Morgan fingerprint density at radius 1 is 0.970 bits per heavy atom. The summed E-state index contributed by atoms with van der Waals surface area (Å²) in [6, 6.07) is 20.5. The molecule has 1 amide bonds. The lowest BCUT2D eigenvalue weighted by Gasteiger charge is -2.25. The molecule has 3 aromatic rings. The van der Waals surface area contributed by atoms with Gasteiger partial charge in [-0.15, -0.1) is 11.6 Å². The molecule has 0 fully saturated rings. The minimum atomic E-state index is -0.116. The maximum atomic E-state index is 13.6. The van der Waals surface area contributed by atoms with E-state index in [4.69, 9.17) is 30.5 Å². The number of methoxy groups -OCH3 is 2. The molecule has 1 heterocycles. The minimum absolute atomic E-state index is 0.0235. The molecular weight excluding hydrogens is 442 g/mol. The van der Waals surface area contributed by atoms with Crippen molar-refractivity contribution in [1.29, 1.82) is 0 Å². The number of rotatable bonds is 7. The second kappa shape index (κ2) is 10.5. The van der Waals surface area contributed by atoms with Crippen molar-refractivity contribution in [2.24, 2.45) is 0 Å². The highest BCUT2D eigenvalue weighted by molar-refractivity contribution is 6.18. The van der Waals surface area contributed by atoms with Crippen molar-refractivity contribution in [2.45, 2.75) is 5.92 Å². The average Bonchev–Trinajstić information content (AvgIpc) is 3.07. The van der Waals surface area contributed by atoms with E-state index in [2.05, 4.69) is 0 Å². The maximum Gasteiger partial charge on any atom is 0.258 e. The van der Waals surface area contributed by atoms with Crippen molar-refractivity contribution in [2.75, 3.05) is 44.8 Å². The molecule has 0 saturated carbocycles. The summed E-state index contributed by atoms with van der Waals surface area (Å²) in [6.07, 6.45) is 0. The number of ether oxygens (including phenoxy) is 4. The molecule has 0 N–H and O–H groups in total. The molecule has 0 aliphatic carbocycles. The number of hydrogen-bond acceptors (Lipinski definition) is 5. The van der Waals surface area contributed by atoms with E-state index < -0.39 is 0 Å². The van der Waals surface area contributed by atoms with Crippen molar-refractivity contribution < 1.29 is 23.7 Å². The van der Waals surface area contributed by atoms with E-state index in [0.29, 0.717) is 54.1 Å². The number of halogens is 1. The molecule has 33 heavy (non-hydrogen) atoms. The van der Waals surface area contributed by atoms with E-state index in [-0.39, 0.29) is 11.8 Å². The number of benzene rings is 3. The third kappa shape index (κ3) is 5.17. The summed E-state index contributed by atoms with van der Waals surface area (Å²) in [7, 11) is 3.25. The van der Waals surface area contributed by atoms with Crippen molar-refractivity contribution in [1.82, 2.24) is 0 Å². The van der Waals surface area contributed by atoms with E-state index in [9.17, 15) is 4.79 Å². The summed E-state index contributed by atoms with van der Waals surface area (Å²) < 4.78 is 22.3. The van der Waals surface area contributed by atoms with Gasteiger partial charge in [0, 0.05) is 24.1 Å². The van der Waals surface area contributed by atoms with Gasteiger partial charge in [0.2, 0.25) is 0 Å². The highest BCUT2D eigenvalue weighted by Crippen LogP contribution is 2.38. The number of anilines is 1. The molecule has 6 nitrogen and oxygen atoms in total. The second-order valence-corrected chi connectivity index (χ2v) is 7.97. The first-order valence-electron chi connectivity index (χ1n) is 10.7. The van der Waals surface area contributed by atoms with Crippen LogP contribution in [0.2, 0.25) is 0 Å². The van der Waals surface area contributed by atoms with Crippen LogP contribution < -0.4 is 23.8 Å². The van der Waals surface area contributed by atoms with Crippen LogP contribution in [0, 0.1) is 0 Å². The lowest BCUT2D eigenvalue weighted by Crippen LogP contribution is -2.34. The van der Waals surface area contributed by atoms with E-state index >= 15 is 0 Å². The molecule has 4 rings (SSSR count). The van der Waals surface area contributed by atoms with Crippen LogP contribution in [0.15, 0.2) is 66.7 Å². The number of alkyl halides is 1. The standard InChI is InChI=1S/C26H26ClNO5/c1-30-21-7-3-18(4-8-21)20-16-28(24-12-11-23(31-2)15-25(24)33-17-20)26(29)19-5-9-22(10-6-19)32-14-13-27/h3-12,15,20H,13-14,16-17H2,1-2H3. The van der Waals surface area contributed by atoms with Crippen LogP contribution in [0.5, 0.6) is 23.0 Å². The van der Waals surface area contributed by atoms with E-state index in [1.165, 1.54) is 0 Å². The Morgan fingerprint density at radius 2 is 1.64 bits per heavy atom. The third-order valence-electron chi connectivity index (χ3n) is 5.58. The van der Waals surface area contributed by atoms with E-state index in [0.717, 1.165) is 11.3 Å². The van der Waals surface area contributed by atoms with Gasteiger partial charge in [-0.1, -0.05) is 12.1 Å². The zero-order chi connectivity index (χ0) is 23.2. The number of carbonyl (C=O) groups is 1. The van der Waals surface area contributed by atoms with Gasteiger partial charge >= 0.3 is 0 Å². The predicted molar refractivity (Wildman–Crippen MR) is 129 cm³/mol. The normalized spacial score (nSPS) is 15.1. The Labute approximate surface area is 198 Å². The molecule has 1 aliphatic heterocycles. The molecule has 7 heteroatoms. The van der Waals surface area contributed by atoms with Gasteiger partial charge in [-0.25, -0.2) is 0 Å². The fraction of sp³-hybridized carbons (Fsp3) is 0.269. The van der Waals surface area contributed by atoms with Gasteiger partial charge in [-0.05, 0) is 54.1 Å². The fourth-order valence-corrected chi connectivity index (χ4v) is 3.88. The first-order chi connectivity index (χ1) is 16.1. The minimum Gasteiger partial charge on any atom is -0.497 e. The number of amides is 1. The highest BCUT2D eigenvalue weighted by Gasteiger charge is 2.29. The lowest BCUT2D eigenvalue weighted by molar-refractivity contribution is 0.0985. The van der Waals surface area contributed by atoms with Gasteiger partial charge in [0.15, 0.2) is 0 Å². The molecule has 0 bridgehead atoms. The monoisotopic (exact) mass is 467 g/mol. The Kier molecular flexibility index (Phi) is 7.25. The molecule has 1 unspecified atom stereocenters. The zero-order valence-electron chi connectivity index (χ0n) is 18.6. The Balaban J connectivity index is 1.66. The summed E-state index contributed by atoms with van der Waals surface area (Å²) in [6.45, 7) is 1.31. The quantitative estimate of drug-likeness (QED) is 0.450. The summed E-state index contributed by atoms with van der Waals surface area (Å²) >= 11 is 5.69. The summed E-state index contributed by atoms with van der Waals surface area (Å²) in [4.78, 5) is 15.4. The molecule has 3 aromatic carbocycles. The van der Waals surface area contributed by atoms with Crippen molar-refractivity contribution >= 4 is 23.2 Å². The topological polar surface area (TPSA) is 57.2 Å². The second-order valence-electron chi connectivity index (χ2n) is 7.59. The molecule has 0 spiro atoms. The van der Waals surface area contributed by atoms with Gasteiger partial charge in [-0.3, -0.25) is 4.79 Å². The lowest BCUT2D eigenvalue weighted by atomic mass is 9.99. The van der Waals surface area contributed by atoms with Crippen LogP contribution >= 0.6 is 11.6 Å². The maximum absolute atomic E-state index is 13.6. The first kappa shape index (κ1) is 22.8. The van der Waals surface area contributed by atoms with Crippen LogP contribution in [0.4, 0.5) is 5.69 Å². The number of nitrogens with zero attached hydrogens (tertiary/aromatic N) is 1. The Bertz CT molecular complexity index is 1080. The van der Waals surface area contributed by atoms with Crippen LogP contribution in [0.1, 0.15) is 21.8 Å². The molecular formula is C26H26ClNO5. The predicted octanol–water partition coefficient (Wildman–Crippen LogP) is 5.14. The van der Waals surface area contributed by atoms with Crippen molar-refractivity contribution in [3.05, 3.63) is 77.9 Å². The number of fused-ring (bicyclic) bond motifs is 1. The van der Waals surface area contributed by atoms with Gasteiger partial charge in [0.1, 0.15) is 29.6 Å². The number of hydrogen-bond donors (Lipinski definition) is 0.